The summed E-state index contributed by atoms with van der Waals surface area (Å²) in [5.41, 5.74) is 2.58. The number of halogens is 1. The number of urea groups is 1. The van der Waals surface area contributed by atoms with Crippen molar-refractivity contribution in [2.24, 2.45) is 5.92 Å². The summed E-state index contributed by atoms with van der Waals surface area (Å²) in [6.07, 6.45) is 1.71. The molecule has 1 heterocycles. The smallest absolute Gasteiger partial charge is 0.319 e. The van der Waals surface area contributed by atoms with Crippen LogP contribution in [0.4, 0.5) is 14.9 Å². The van der Waals surface area contributed by atoms with Gasteiger partial charge in [-0.05, 0) is 87.7 Å². The van der Waals surface area contributed by atoms with Crippen molar-refractivity contribution in [3.05, 3.63) is 59.4 Å². The third kappa shape index (κ3) is 4.59. The van der Waals surface area contributed by atoms with Crippen LogP contribution in [-0.2, 0) is 5.41 Å². The lowest BCUT2D eigenvalue weighted by atomic mass is 9.61. The molecule has 2 aromatic carbocycles. The van der Waals surface area contributed by atoms with E-state index in [1.165, 1.54) is 12.1 Å². The third-order valence-electron chi connectivity index (χ3n) is 6.90. The molecule has 1 fully saturated rings. The maximum atomic E-state index is 13.3. The van der Waals surface area contributed by atoms with Gasteiger partial charge in [0.15, 0.2) is 0 Å². The molecule has 1 aliphatic rings. The molecule has 1 aliphatic heterocycles. The molecule has 0 aromatic heterocycles. The van der Waals surface area contributed by atoms with Crippen LogP contribution in [0, 0.1) is 18.7 Å². The SMILES string of the molecule is Cc1ccc(O)cc1C1(CCNC(=O)Nc2cccc(F)c2)CCN(C)C(C)[C@@H]1C. The average Bonchev–Trinajstić information content (AvgIpc) is 2.70. The number of phenolic OH excluding ortho intramolecular Hbond substituents is 1. The molecule has 0 aliphatic carbocycles. The highest BCUT2D eigenvalue weighted by Crippen LogP contribution is 2.46. The summed E-state index contributed by atoms with van der Waals surface area (Å²) in [5.74, 6) is 0.218. The molecular weight excluding hydrogens is 381 g/mol. The van der Waals surface area contributed by atoms with Crippen molar-refractivity contribution in [2.75, 3.05) is 25.5 Å². The van der Waals surface area contributed by atoms with Crippen LogP contribution in [0.15, 0.2) is 42.5 Å². The zero-order valence-corrected chi connectivity index (χ0v) is 18.2. The second-order valence-corrected chi connectivity index (χ2v) is 8.56. The monoisotopic (exact) mass is 413 g/mol. The van der Waals surface area contributed by atoms with Crippen molar-refractivity contribution >= 4 is 11.7 Å². The molecule has 0 spiro atoms. The summed E-state index contributed by atoms with van der Waals surface area (Å²) in [5, 5.41) is 15.8. The second-order valence-electron chi connectivity index (χ2n) is 8.56. The molecule has 1 saturated heterocycles. The predicted octanol–water partition coefficient (Wildman–Crippen LogP) is 4.65. The lowest BCUT2D eigenvalue weighted by Gasteiger charge is -2.51. The van der Waals surface area contributed by atoms with Crippen LogP contribution >= 0.6 is 0 Å². The molecule has 2 unspecified atom stereocenters. The molecule has 30 heavy (non-hydrogen) atoms. The van der Waals surface area contributed by atoms with Crippen LogP contribution in [0.25, 0.3) is 0 Å². The van der Waals surface area contributed by atoms with E-state index < -0.39 is 0 Å². The number of aromatic hydroxyl groups is 1. The Bertz CT molecular complexity index is 904. The molecule has 0 bridgehead atoms. The standard InChI is InChI=1S/C24H32FN3O2/c1-16-8-9-21(29)15-22(16)24(11-13-28(4)18(3)17(24)2)10-12-26-23(30)27-20-7-5-6-19(25)14-20/h5-9,14-15,17-18,29H,10-13H2,1-4H3,(H2,26,27,30)/t17-,18?,24?/m0/s1. The number of hydrogen-bond acceptors (Lipinski definition) is 3. The summed E-state index contributed by atoms with van der Waals surface area (Å²) in [6.45, 7) is 8.01. The van der Waals surface area contributed by atoms with E-state index in [0.29, 0.717) is 24.2 Å². The molecule has 0 radical (unpaired) electrons. The largest absolute Gasteiger partial charge is 0.508 e. The number of hydrogen-bond donors (Lipinski definition) is 3. The van der Waals surface area contributed by atoms with Gasteiger partial charge < -0.3 is 20.6 Å². The molecule has 5 nitrogen and oxygen atoms in total. The van der Waals surface area contributed by atoms with Crippen LogP contribution in [0.2, 0.25) is 0 Å². The lowest BCUT2D eigenvalue weighted by Crippen LogP contribution is -2.54. The highest BCUT2D eigenvalue weighted by atomic mass is 19.1. The van der Waals surface area contributed by atoms with Crippen molar-refractivity contribution < 1.29 is 14.3 Å². The van der Waals surface area contributed by atoms with Crippen molar-refractivity contribution in [1.82, 2.24) is 10.2 Å². The second kappa shape index (κ2) is 9.04. The van der Waals surface area contributed by atoms with Gasteiger partial charge in [0.1, 0.15) is 11.6 Å². The Labute approximate surface area is 178 Å². The zero-order chi connectivity index (χ0) is 21.9. The Morgan fingerprint density at radius 2 is 2.03 bits per heavy atom. The van der Waals surface area contributed by atoms with Crippen molar-refractivity contribution in [1.29, 1.82) is 0 Å². The van der Waals surface area contributed by atoms with Crippen LogP contribution < -0.4 is 10.6 Å². The first-order chi connectivity index (χ1) is 14.2. The first kappa shape index (κ1) is 22.1. The number of phenols is 1. The Hall–Kier alpha value is -2.60. The first-order valence-corrected chi connectivity index (χ1v) is 10.5. The quantitative estimate of drug-likeness (QED) is 0.669. The number of likely N-dealkylation sites (tertiary alicyclic amines) is 1. The van der Waals surface area contributed by atoms with Gasteiger partial charge in [-0.3, -0.25) is 0 Å². The van der Waals surface area contributed by atoms with Gasteiger partial charge in [0.2, 0.25) is 0 Å². The minimum atomic E-state index is -0.389. The maximum Gasteiger partial charge on any atom is 0.319 e. The fourth-order valence-electron chi connectivity index (χ4n) is 4.80. The van der Waals surface area contributed by atoms with E-state index in [4.69, 9.17) is 0 Å². The van der Waals surface area contributed by atoms with Gasteiger partial charge in [0.25, 0.3) is 0 Å². The number of carbonyl (C=O) groups excluding carboxylic acids is 1. The Morgan fingerprint density at radius 3 is 2.77 bits per heavy atom. The molecule has 3 N–H and O–H groups in total. The maximum absolute atomic E-state index is 13.3. The summed E-state index contributed by atoms with van der Waals surface area (Å²) in [6, 6.07) is 11.4. The van der Waals surface area contributed by atoms with Gasteiger partial charge in [-0.2, -0.15) is 0 Å². The van der Waals surface area contributed by atoms with E-state index in [1.807, 2.05) is 12.1 Å². The summed E-state index contributed by atoms with van der Waals surface area (Å²) in [4.78, 5) is 14.7. The topological polar surface area (TPSA) is 64.6 Å². The average molecular weight is 414 g/mol. The highest BCUT2D eigenvalue weighted by molar-refractivity contribution is 5.89. The first-order valence-electron chi connectivity index (χ1n) is 10.5. The zero-order valence-electron chi connectivity index (χ0n) is 18.2. The van der Waals surface area contributed by atoms with Gasteiger partial charge in [-0.15, -0.1) is 0 Å². The summed E-state index contributed by atoms with van der Waals surface area (Å²) >= 11 is 0. The molecule has 3 atom stereocenters. The molecule has 6 heteroatoms. The number of nitrogens with zero attached hydrogens (tertiary/aromatic N) is 1. The fourth-order valence-corrected chi connectivity index (χ4v) is 4.80. The molecule has 0 saturated carbocycles. The molecule has 2 aromatic rings. The van der Waals surface area contributed by atoms with E-state index >= 15 is 0 Å². The lowest BCUT2D eigenvalue weighted by molar-refractivity contribution is 0.0584. The van der Waals surface area contributed by atoms with Crippen molar-refractivity contribution in [3.8, 4) is 5.75 Å². The van der Waals surface area contributed by atoms with Crippen LogP contribution in [0.1, 0.15) is 37.8 Å². The number of anilines is 1. The number of piperidine rings is 1. The highest BCUT2D eigenvalue weighted by Gasteiger charge is 2.45. The normalized spacial score (nSPS) is 24.4. The number of rotatable bonds is 5. The third-order valence-corrected chi connectivity index (χ3v) is 6.90. The number of aryl methyl sites for hydroxylation is 1. The Kier molecular flexibility index (Phi) is 6.66. The number of amides is 2. The van der Waals surface area contributed by atoms with Gasteiger partial charge in [0, 0.05) is 23.7 Å². The minimum Gasteiger partial charge on any atom is -0.508 e. The van der Waals surface area contributed by atoms with E-state index in [2.05, 4.69) is 43.4 Å². The minimum absolute atomic E-state index is 0.152. The van der Waals surface area contributed by atoms with E-state index in [9.17, 15) is 14.3 Å². The fraction of sp³-hybridized carbons (Fsp3) is 0.458. The molecule has 3 rings (SSSR count). The van der Waals surface area contributed by atoms with Crippen LogP contribution in [-0.4, -0.2) is 42.2 Å². The van der Waals surface area contributed by atoms with Gasteiger partial charge >= 0.3 is 6.03 Å². The van der Waals surface area contributed by atoms with Gasteiger partial charge in [0.05, 0.1) is 0 Å². The number of nitrogens with one attached hydrogen (secondary N) is 2. The van der Waals surface area contributed by atoms with Crippen molar-refractivity contribution in [3.63, 3.8) is 0 Å². The van der Waals surface area contributed by atoms with Crippen molar-refractivity contribution in [2.45, 2.75) is 45.1 Å². The summed E-state index contributed by atoms with van der Waals surface area (Å²) in [7, 11) is 2.14. The van der Waals surface area contributed by atoms with E-state index in [1.54, 1.807) is 18.2 Å². The molecule has 2 amide bonds. The number of benzene rings is 2. The predicted molar refractivity (Wildman–Crippen MR) is 118 cm³/mol. The van der Waals surface area contributed by atoms with Crippen LogP contribution in [0.5, 0.6) is 5.75 Å². The van der Waals surface area contributed by atoms with E-state index in [-0.39, 0.29) is 23.0 Å². The Balaban J connectivity index is 1.77. The van der Waals surface area contributed by atoms with Crippen LogP contribution in [0.3, 0.4) is 0 Å². The van der Waals surface area contributed by atoms with Gasteiger partial charge in [-0.1, -0.05) is 19.1 Å². The molecule has 162 valence electrons. The summed E-state index contributed by atoms with van der Waals surface area (Å²) < 4.78 is 13.3. The Morgan fingerprint density at radius 1 is 1.27 bits per heavy atom. The van der Waals surface area contributed by atoms with E-state index in [0.717, 1.165) is 30.5 Å². The molecular formula is C24H32FN3O2. The number of carbonyl (C=O) groups is 1. The van der Waals surface area contributed by atoms with Gasteiger partial charge in [-0.25, -0.2) is 9.18 Å².